The molecule has 2 aromatic rings. The maximum Gasteiger partial charge on any atom is 0.343 e. The van der Waals surface area contributed by atoms with E-state index in [9.17, 15) is 9.59 Å². The lowest BCUT2D eigenvalue weighted by Crippen LogP contribution is -2.28. The van der Waals surface area contributed by atoms with Gasteiger partial charge in [-0.15, -0.1) is 0 Å². The molecule has 3 rings (SSSR count). The number of nitrogens with zero attached hydrogens (tertiary/aromatic N) is 1. The molecule has 0 bridgehead atoms. The first-order valence-corrected chi connectivity index (χ1v) is 8.99. The van der Waals surface area contributed by atoms with E-state index in [1.807, 2.05) is 13.0 Å². The maximum atomic E-state index is 12.8. The summed E-state index contributed by atoms with van der Waals surface area (Å²) < 4.78 is 23.8. The molecule has 1 fully saturated rings. The number of rotatable bonds is 7. The van der Waals surface area contributed by atoms with Gasteiger partial charge in [-0.05, 0) is 26.0 Å². The summed E-state index contributed by atoms with van der Waals surface area (Å²) in [5, 5.41) is 0. The van der Waals surface area contributed by atoms with Gasteiger partial charge < -0.3 is 23.5 Å². The Morgan fingerprint density at radius 3 is 2.63 bits per heavy atom. The smallest absolute Gasteiger partial charge is 0.343 e. The van der Waals surface area contributed by atoms with Gasteiger partial charge in [0, 0.05) is 12.8 Å². The van der Waals surface area contributed by atoms with Crippen molar-refractivity contribution in [3.8, 4) is 11.5 Å². The van der Waals surface area contributed by atoms with Gasteiger partial charge in [0.15, 0.2) is 5.75 Å². The van der Waals surface area contributed by atoms with Crippen LogP contribution in [-0.4, -0.2) is 43.1 Å². The first kappa shape index (κ1) is 19.1. The van der Waals surface area contributed by atoms with Gasteiger partial charge in [-0.25, -0.2) is 4.79 Å². The number of carbonyl (C=O) groups is 1. The van der Waals surface area contributed by atoms with Crippen LogP contribution in [0.25, 0.3) is 0 Å². The average Bonchev–Trinajstić information content (AvgIpc) is 3.13. The summed E-state index contributed by atoms with van der Waals surface area (Å²) >= 11 is 0. The van der Waals surface area contributed by atoms with Crippen LogP contribution < -0.4 is 10.2 Å². The van der Waals surface area contributed by atoms with E-state index in [2.05, 4.69) is 0 Å². The molecule has 7 heteroatoms. The number of hydrogen-bond acceptors (Lipinski definition) is 6. The Morgan fingerprint density at radius 2 is 1.93 bits per heavy atom. The van der Waals surface area contributed by atoms with Crippen LogP contribution in [0.3, 0.4) is 0 Å². The Labute approximate surface area is 157 Å². The molecule has 0 unspecified atom stereocenters. The highest BCUT2D eigenvalue weighted by Crippen LogP contribution is 2.26. The van der Waals surface area contributed by atoms with E-state index in [-0.39, 0.29) is 30.1 Å². The van der Waals surface area contributed by atoms with Crippen molar-refractivity contribution in [2.24, 2.45) is 0 Å². The molecule has 0 aliphatic carbocycles. The molecule has 2 heterocycles. The van der Waals surface area contributed by atoms with Crippen LogP contribution in [-0.2, 0) is 14.2 Å². The van der Waals surface area contributed by atoms with Gasteiger partial charge in [-0.3, -0.25) is 4.79 Å². The van der Waals surface area contributed by atoms with E-state index >= 15 is 0 Å². The highest BCUT2D eigenvalue weighted by atomic mass is 16.5. The fourth-order valence-electron chi connectivity index (χ4n) is 2.98. The number of pyridine rings is 1. The van der Waals surface area contributed by atoms with Gasteiger partial charge >= 0.3 is 5.97 Å². The molecule has 27 heavy (non-hydrogen) atoms. The molecule has 7 nitrogen and oxygen atoms in total. The Hall–Kier alpha value is -2.64. The predicted molar refractivity (Wildman–Crippen MR) is 98.4 cm³/mol. The van der Waals surface area contributed by atoms with E-state index in [0.717, 1.165) is 0 Å². The quantitative estimate of drug-likeness (QED) is 0.695. The molecule has 144 valence electrons. The van der Waals surface area contributed by atoms with E-state index in [0.29, 0.717) is 25.6 Å². The number of esters is 1. The summed E-state index contributed by atoms with van der Waals surface area (Å²) in [7, 11) is 0. The molecule has 0 N–H and O–H groups in total. The Bertz CT molecular complexity index is 832. The summed E-state index contributed by atoms with van der Waals surface area (Å²) in [6, 6.07) is 8.77. The average molecular weight is 373 g/mol. The lowest BCUT2D eigenvalue weighted by atomic mass is 10.1. The highest BCUT2D eigenvalue weighted by Gasteiger charge is 2.31. The fraction of sp³-hybridized carbons (Fsp3) is 0.400. The van der Waals surface area contributed by atoms with Crippen molar-refractivity contribution in [3.05, 3.63) is 58.5 Å². The van der Waals surface area contributed by atoms with Crippen LogP contribution in [0.15, 0.2) is 47.5 Å². The number of aromatic nitrogens is 1. The number of para-hydroxylation sites is 1. The normalized spacial score (nSPS) is 19.0. The van der Waals surface area contributed by atoms with Crippen molar-refractivity contribution in [1.82, 2.24) is 4.57 Å². The first-order chi connectivity index (χ1) is 13.1. The van der Waals surface area contributed by atoms with Crippen LogP contribution >= 0.6 is 0 Å². The Kier molecular flexibility index (Phi) is 6.26. The number of carbonyl (C=O) groups excluding carboxylic acids is 1. The van der Waals surface area contributed by atoms with Gasteiger partial charge in [0.05, 0.1) is 32.1 Å². The standard InChI is InChI=1S/C20H23NO6/c1-3-25-18-13-24-12-16(18)21-10-15(20(23)26-4-2)19(22)17(11-21)27-14-8-6-5-7-9-14/h5-11,16,18H,3-4,12-13H2,1-2H3/t16-,18-/m1/s1. The highest BCUT2D eigenvalue weighted by molar-refractivity contribution is 5.89. The zero-order valence-electron chi connectivity index (χ0n) is 15.4. The number of hydrogen-bond donors (Lipinski definition) is 0. The third kappa shape index (κ3) is 4.37. The van der Waals surface area contributed by atoms with E-state index < -0.39 is 11.4 Å². The van der Waals surface area contributed by atoms with Crippen molar-refractivity contribution in [2.75, 3.05) is 26.4 Å². The summed E-state index contributed by atoms with van der Waals surface area (Å²) in [4.78, 5) is 25.1. The monoisotopic (exact) mass is 373 g/mol. The van der Waals surface area contributed by atoms with E-state index in [1.165, 1.54) is 6.20 Å². The molecular formula is C20H23NO6. The molecule has 0 radical (unpaired) electrons. The molecule has 1 aliphatic heterocycles. The molecule has 0 spiro atoms. The van der Waals surface area contributed by atoms with Crippen molar-refractivity contribution in [2.45, 2.75) is 26.0 Å². The minimum absolute atomic E-state index is 0.0499. The SMILES string of the molecule is CCOC(=O)c1cn([C@@H]2COC[C@H]2OCC)cc(Oc2ccccc2)c1=O. The Morgan fingerprint density at radius 1 is 1.15 bits per heavy atom. The van der Waals surface area contributed by atoms with Crippen molar-refractivity contribution < 1.29 is 23.7 Å². The molecule has 1 aromatic carbocycles. The van der Waals surface area contributed by atoms with Crippen molar-refractivity contribution in [3.63, 3.8) is 0 Å². The first-order valence-electron chi connectivity index (χ1n) is 8.99. The molecule has 0 saturated carbocycles. The molecule has 1 aliphatic rings. The van der Waals surface area contributed by atoms with Gasteiger partial charge in [0.2, 0.25) is 5.43 Å². The molecular weight excluding hydrogens is 350 g/mol. The molecule has 1 saturated heterocycles. The minimum atomic E-state index is -0.679. The molecule has 0 amide bonds. The summed E-state index contributed by atoms with van der Waals surface area (Å²) in [5.74, 6) is -0.123. The van der Waals surface area contributed by atoms with Gasteiger partial charge in [-0.2, -0.15) is 0 Å². The zero-order valence-corrected chi connectivity index (χ0v) is 15.4. The van der Waals surface area contributed by atoms with Crippen LogP contribution in [0.5, 0.6) is 11.5 Å². The largest absolute Gasteiger partial charge is 0.462 e. The van der Waals surface area contributed by atoms with Gasteiger partial charge in [0.25, 0.3) is 0 Å². The lowest BCUT2D eigenvalue weighted by Gasteiger charge is -2.22. The number of benzene rings is 1. The third-order valence-electron chi connectivity index (χ3n) is 4.24. The minimum Gasteiger partial charge on any atom is -0.462 e. The van der Waals surface area contributed by atoms with E-state index in [1.54, 1.807) is 42.0 Å². The van der Waals surface area contributed by atoms with Crippen LogP contribution in [0.4, 0.5) is 0 Å². The predicted octanol–water partition coefficient (Wildman–Crippen LogP) is 2.79. The second kappa shape index (κ2) is 8.83. The maximum absolute atomic E-state index is 12.8. The molecule has 1 aromatic heterocycles. The lowest BCUT2D eigenvalue weighted by molar-refractivity contribution is 0.0358. The summed E-state index contributed by atoms with van der Waals surface area (Å²) in [6.45, 7) is 5.19. The second-order valence-corrected chi connectivity index (χ2v) is 6.05. The topological polar surface area (TPSA) is 76.0 Å². The number of ether oxygens (including phenoxy) is 4. The fourth-order valence-corrected chi connectivity index (χ4v) is 2.98. The summed E-state index contributed by atoms with van der Waals surface area (Å²) in [6.07, 6.45) is 2.91. The van der Waals surface area contributed by atoms with E-state index in [4.69, 9.17) is 18.9 Å². The Balaban J connectivity index is 2.02. The van der Waals surface area contributed by atoms with Crippen molar-refractivity contribution in [1.29, 1.82) is 0 Å². The van der Waals surface area contributed by atoms with Crippen LogP contribution in [0, 0.1) is 0 Å². The molecule has 2 atom stereocenters. The van der Waals surface area contributed by atoms with Crippen LogP contribution in [0.1, 0.15) is 30.2 Å². The van der Waals surface area contributed by atoms with Crippen molar-refractivity contribution >= 4 is 5.97 Å². The zero-order chi connectivity index (χ0) is 19.2. The van der Waals surface area contributed by atoms with Gasteiger partial charge in [-0.1, -0.05) is 18.2 Å². The van der Waals surface area contributed by atoms with Gasteiger partial charge in [0.1, 0.15) is 17.4 Å². The summed E-state index contributed by atoms with van der Waals surface area (Å²) in [5.41, 5.74) is -0.590. The van der Waals surface area contributed by atoms with Crippen LogP contribution in [0.2, 0.25) is 0 Å². The second-order valence-electron chi connectivity index (χ2n) is 6.05. The third-order valence-corrected chi connectivity index (χ3v) is 4.24.